The Hall–Kier alpha value is -0.530. The van der Waals surface area contributed by atoms with Crippen molar-refractivity contribution in [2.45, 2.75) is 181 Å². The van der Waals surface area contributed by atoms with Gasteiger partial charge in [0.2, 0.25) is 0 Å². The molecular weight excluding hydrogens is 380 g/mol. The molecule has 0 saturated carbocycles. The second-order valence-corrected chi connectivity index (χ2v) is 9.91. The summed E-state index contributed by atoms with van der Waals surface area (Å²) in [7, 11) is 0. The van der Waals surface area contributed by atoms with Gasteiger partial charge in [-0.05, 0) is 26.2 Å². The normalized spacial score (nSPS) is 12.2. The fourth-order valence-corrected chi connectivity index (χ4v) is 4.37. The summed E-state index contributed by atoms with van der Waals surface area (Å²) in [6.07, 6.45) is 31.4. The van der Waals surface area contributed by atoms with Crippen LogP contribution in [-0.2, 0) is 9.53 Å². The van der Waals surface area contributed by atoms with E-state index in [4.69, 9.17) is 4.74 Å². The fourth-order valence-electron chi connectivity index (χ4n) is 4.37. The summed E-state index contributed by atoms with van der Waals surface area (Å²) in [6.45, 7) is 6.58. The van der Waals surface area contributed by atoms with Gasteiger partial charge in [-0.1, -0.05) is 142 Å². The lowest BCUT2D eigenvalue weighted by Crippen LogP contribution is -2.14. The van der Waals surface area contributed by atoms with Gasteiger partial charge >= 0.3 is 5.97 Å². The molecule has 0 aromatic heterocycles. The minimum Gasteiger partial charge on any atom is -0.463 e. The van der Waals surface area contributed by atoms with Crippen LogP contribution in [0.3, 0.4) is 0 Å². The predicted molar refractivity (Wildman–Crippen MR) is 138 cm³/mol. The zero-order valence-corrected chi connectivity index (χ0v) is 21.9. The third-order valence-corrected chi connectivity index (χ3v) is 6.53. The van der Waals surface area contributed by atoms with Crippen molar-refractivity contribution in [1.29, 1.82) is 0 Å². The van der Waals surface area contributed by atoms with E-state index < -0.39 is 0 Å². The molecule has 0 bridgehead atoms. The summed E-state index contributed by atoms with van der Waals surface area (Å²) >= 11 is 0. The highest BCUT2D eigenvalue weighted by Gasteiger charge is 2.09. The molecular formula is C29H58O2. The molecule has 2 heteroatoms. The zero-order chi connectivity index (χ0) is 22.8. The quantitative estimate of drug-likeness (QED) is 0.105. The third-order valence-electron chi connectivity index (χ3n) is 6.53. The molecule has 0 aromatic carbocycles. The summed E-state index contributed by atoms with van der Waals surface area (Å²) in [4.78, 5) is 11.9. The monoisotopic (exact) mass is 438 g/mol. The van der Waals surface area contributed by atoms with Gasteiger partial charge in [0.25, 0.3) is 0 Å². The maximum atomic E-state index is 11.9. The molecule has 0 spiro atoms. The number of ether oxygens (including phenoxy) is 1. The van der Waals surface area contributed by atoms with Crippen LogP contribution < -0.4 is 0 Å². The molecule has 0 radical (unpaired) electrons. The molecule has 0 N–H and O–H groups in total. The highest BCUT2D eigenvalue weighted by atomic mass is 16.5. The summed E-state index contributed by atoms with van der Waals surface area (Å²) < 4.78 is 5.55. The summed E-state index contributed by atoms with van der Waals surface area (Å²) in [5, 5.41) is 0. The molecule has 0 amide bonds. The summed E-state index contributed by atoms with van der Waals surface area (Å²) in [5.41, 5.74) is 0. The molecule has 0 aliphatic carbocycles. The molecule has 0 fully saturated rings. The van der Waals surface area contributed by atoms with Gasteiger partial charge in [0.05, 0.1) is 6.10 Å². The Morgan fingerprint density at radius 2 is 0.839 bits per heavy atom. The topological polar surface area (TPSA) is 26.3 Å². The van der Waals surface area contributed by atoms with E-state index in [2.05, 4.69) is 13.8 Å². The first-order chi connectivity index (χ1) is 15.2. The van der Waals surface area contributed by atoms with Gasteiger partial charge in [-0.3, -0.25) is 4.79 Å². The van der Waals surface area contributed by atoms with E-state index in [-0.39, 0.29) is 12.1 Å². The highest BCUT2D eigenvalue weighted by Crippen LogP contribution is 2.15. The van der Waals surface area contributed by atoms with E-state index in [9.17, 15) is 4.79 Å². The molecule has 186 valence electrons. The van der Waals surface area contributed by atoms with Crippen molar-refractivity contribution < 1.29 is 9.53 Å². The van der Waals surface area contributed by atoms with Crippen LogP contribution in [0.5, 0.6) is 0 Å². The second kappa shape index (κ2) is 25.7. The van der Waals surface area contributed by atoms with E-state index >= 15 is 0 Å². The predicted octanol–water partition coefficient (Wildman–Crippen LogP) is 10.3. The molecule has 0 rings (SSSR count). The van der Waals surface area contributed by atoms with Crippen LogP contribution in [0.15, 0.2) is 0 Å². The number of hydrogen-bond acceptors (Lipinski definition) is 2. The molecule has 0 aliphatic heterocycles. The van der Waals surface area contributed by atoms with Crippen molar-refractivity contribution >= 4 is 5.97 Å². The Bertz CT molecular complexity index is 353. The SMILES string of the molecule is CCCCCCCCCCCCCCCCCCCC(=O)OC(C)CCCCCCC. The van der Waals surface area contributed by atoms with Crippen LogP contribution >= 0.6 is 0 Å². The molecule has 0 heterocycles. The van der Waals surface area contributed by atoms with Crippen molar-refractivity contribution in [3.05, 3.63) is 0 Å². The van der Waals surface area contributed by atoms with Gasteiger partial charge in [0.15, 0.2) is 0 Å². The number of rotatable bonds is 25. The van der Waals surface area contributed by atoms with Gasteiger partial charge < -0.3 is 4.74 Å². The smallest absolute Gasteiger partial charge is 0.306 e. The van der Waals surface area contributed by atoms with Crippen molar-refractivity contribution in [1.82, 2.24) is 0 Å². The Morgan fingerprint density at radius 1 is 0.516 bits per heavy atom. The van der Waals surface area contributed by atoms with Gasteiger partial charge in [-0.15, -0.1) is 0 Å². The van der Waals surface area contributed by atoms with E-state index in [1.165, 1.54) is 135 Å². The van der Waals surface area contributed by atoms with Crippen molar-refractivity contribution in [2.75, 3.05) is 0 Å². The zero-order valence-electron chi connectivity index (χ0n) is 21.9. The fraction of sp³-hybridized carbons (Fsp3) is 0.966. The molecule has 0 saturated heterocycles. The lowest BCUT2D eigenvalue weighted by Gasteiger charge is -2.13. The molecule has 2 nitrogen and oxygen atoms in total. The Morgan fingerprint density at radius 3 is 1.23 bits per heavy atom. The van der Waals surface area contributed by atoms with Gasteiger partial charge in [-0.25, -0.2) is 0 Å². The van der Waals surface area contributed by atoms with Crippen molar-refractivity contribution in [3.8, 4) is 0 Å². The van der Waals surface area contributed by atoms with Gasteiger partial charge in [0, 0.05) is 6.42 Å². The first-order valence-electron chi connectivity index (χ1n) is 14.4. The van der Waals surface area contributed by atoms with E-state index in [1.54, 1.807) is 0 Å². The minimum atomic E-state index is 0.0158. The molecule has 31 heavy (non-hydrogen) atoms. The summed E-state index contributed by atoms with van der Waals surface area (Å²) in [5.74, 6) is 0.0158. The van der Waals surface area contributed by atoms with Crippen molar-refractivity contribution in [2.24, 2.45) is 0 Å². The average Bonchev–Trinajstić information content (AvgIpc) is 2.75. The number of carbonyl (C=O) groups excluding carboxylic acids is 1. The van der Waals surface area contributed by atoms with Crippen molar-refractivity contribution in [3.63, 3.8) is 0 Å². The summed E-state index contributed by atoms with van der Waals surface area (Å²) in [6, 6.07) is 0. The first-order valence-corrected chi connectivity index (χ1v) is 14.4. The van der Waals surface area contributed by atoms with Crippen LogP contribution in [0.25, 0.3) is 0 Å². The number of hydrogen-bond donors (Lipinski definition) is 0. The Labute approximate surface area is 196 Å². The van der Waals surface area contributed by atoms with E-state index in [1.807, 2.05) is 6.92 Å². The van der Waals surface area contributed by atoms with Gasteiger partial charge in [0.1, 0.15) is 0 Å². The largest absolute Gasteiger partial charge is 0.463 e. The Kier molecular flexibility index (Phi) is 25.3. The van der Waals surface area contributed by atoms with Crippen LogP contribution in [0.4, 0.5) is 0 Å². The van der Waals surface area contributed by atoms with E-state index in [0.717, 1.165) is 12.8 Å². The van der Waals surface area contributed by atoms with E-state index in [0.29, 0.717) is 6.42 Å². The second-order valence-electron chi connectivity index (χ2n) is 9.91. The van der Waals surface area contributed by atoms with Crippen LogP contribution in [0.1, 0.15) is 175 Å². The van der Waals surface area contributed by atoms with Gasteiger partial charge in [-0.2, -0.15) is 0 Å². The third kappa shape index (κ3) is 25.6. The lowest BCUT2D eigenvalue weighted by atomic mass is 10.0. The lowest BCUT2D eigenvalue weighted by molar-refractivity contribution is -0.148. The highest BCUT2D eigenvalue weighted by molar-refractivity contribution is 5.69. The first kappa shape index (κ1) is 30.5. The maximum absolute atomic E-state index is 11.9. The minimum absolute atomic E-state index is 0.0158. The molecule has 0 aromatic rings. The molecule has 1 unspecified atom stereocenters. The Balaban J connectivity index is 3.22. The standard InChI is InChI=1S/C29H58O2/c1-4-6-8-10-11-12-13-14-15-16-17-18-19-20-21-23-25-27-29(30)31-28(3)26-24-22-9-7-5-2/h28H,4-27H2,1-3H3. The van der Waals surface area contributed by atoms with Crippen LogP contribution in [0.2, 0.25) is 0 Å². The molecule has 0 aliphatic rings. The number of esters is 1. The van der Waals surface area contributed by atoms with Crippen LogP contribution in [0, 0.1) is 0 Å². The number of unbranched alkanes of at least 4 members (excludes halogenated alkanes) is 20. The number of carbonyl (C=O) groups is 1. The van der Waals surface area contributed by atoms with Crippen LogP contribution in [-0.4, -0.2) is 12.1 Å². The average molecular weight is 439 g/mol. The maximum Gasteiger partial charge on any atom is 0.306 e. The molecule has 1 atom stereocenters.